The number of aliphatic hydroxyl groups is 4. The van der Waals surface area contributed by atoms with Gasteiger partial charge in [0.2, 0.25) is 11.5 Å². The van der Waals surface area contributed by atoms with Gasteiger partial charge >= 0.3 is 29.8 Å². The van der Waals surface area contributed by atoms with Crippen LogP contribution in [0.1, 0.15) is 69.1 Å². The second-order valence-electron chi connectivity index (χ2n) is 16.4. The lowest BCUT2D eigenvalue weighted by atomic mass is 9.85. The number of carbonyl (C=O) groups is 6. The smallest absolute Gasteiger partial charge is 0.355 e. The number of methoxy groups -OCH3 is 1. The molecule has 5 rings (SSSR count). The number of aliphatic carboxylic acids is 1. The highest BCUT2D eigenvalue weighted by molar-refractivity contribution is 5.90. The number of nitrogens with one attached hydrogen (secondary N) is 1. The molecule has 7 atom stereocenters. The monoisotopic (exact) mass is 1020 g/mol. The summed E-state index contributed by atoms with van der Waals surface area (Å²) in [5.41, 5.74) is 0.327. The van der Waals surface area contributed by atoms with Crippen LogP contribution in [0.3, 0.4) is 0 Å². The van der Waals surface area contributed by atoms with E-state index in [0.29, 0.717) is 23.3 Å². The fraction of sp³-hybridized carbons (Fsp3) is 0.574. The van der Waals surface area contributed by atoms with E-state index in [9.17, 15) is 54.0 Å². The number of aliphatic hydroxyl groups excluding tert-OH is 4. The van der Waals surface area contributed by atoms with Crippen molar-refractivity contribution in [2.24, 2.45) is 0 Å². The number of para-hydroxylation sites is 1. The molecule has 6 unspecified atom stereocenters. The number of carbonyl (C=O) groups excluding carboxylic acids is 5. The van der Waals surface area contributed by atoms with E-state index >= 15 is 0 Å². The van der Waals surface area contributed by atoms with Crippen molar-refractivity contribution in [3.63, 3.8) is 0 Å². The van der Waals surface area contributed by atoms with Crippen LogP contribution in [0.25, 0.3) is 22.3 Å². The minimum absolute atomic E-state index is 0.112. The summed E-state index contributed by atoms with van der Waals surface area (Å²) in [5.74, 6) is -5.75. The van der Waals surface area contributed by atoms with Crippen LogP contribution < -0.4 is 10.9 Å². The molecule has 2 aromatic heterocycles. The molecule has 25 heteroatoms. The largest absolute Gasteiger partial charge is 0.481 e. The standard InChI is InChI=1S/C47H61N3O22/c1-4-29(18-51)69-42(66-23-31(20-53)71-43(26-65-39(59)13-11-37(56)57)67-22-30(19-52)70-41(21-54)63-3)25-64-38(58)12-10-36(55)48-16-40(60)72-47(5-2)33-15-35-44-28(14-27-8-6-7-9-34(27)49-44)17-50(35)45(61)32(33)24-68-46(47)62/h6-9,14-15,29-31,41-43,51-54H,4-5,10-13,16-26H2,1-3H3,(H,48,55)(H,56,57)/t29?,30?,31?,41?,42?,43?,47-/m0/s1. The molecule has 0 fully saturated rings. The molecule has 1 aromatic carbocycles. The molecule has 0 saturated heterocycles. The van der Waals surface area contributed by atoms with Crippen LogP contribution in [0.5, 0.6) is 0 Å². The van der Waals surface area contributed by atoms with E-state index in [2.05, 4.69) is 5.32 Å². The summed E-state index contributed by atoms with van der Waals surface area (Å²) < 4.78 is 56.2. The summed E-state index contributed by atoms with van der Waals surface area (Å²) in [6.07, 6.45) is -8.83. The minimum Gasteiger partial charge on any atom is -0.481 e. The first-order valence-corrected chi connectivity index (χ1v) is 23.1. The maximum Gasteiger partial charge on any atom is 0.355 e. The molecule has 0 aliphatic carbocycles. The molecular weight excluding hydrogens is 959 g/mol. The van der Waals surface area contributed by atoms with E-state index in [4.69, 9.17) is 57.5 Å². The fourth-order valence-corrected chi connectivity index (χ4v) is 7.50. The molecule has 4 heterocycles. The van der Waals surface area contributed by atoms with Gasteiger partial charge in [0.15, 0.2) is 18.9 Å². The van der Waals surface area contributed by atoms with E-state index in [1.54, 1.807) is 19.9 Å². The number of esters is 4. The molecular formula is C47H61N3O22. The molecule has 0 saturated carbocycles. The van der Waals surface area contributed by atoms with Gasteiger partial charge in [0.25, 0.3) is 5.56 Å². The van der Waals surface area contributed by atoms with Crippen LogP contribution in [0, 0.1) is 0 Å². The van der Waals surface area contributed by atoms with Gasteiger partial charge in [-0.05, 0) is 31.0 Å². The average Bonchev–Trinajstić information content (AvgIpc) is 3.74. The molecule has 0 spiro atoms. The van der Waals surface area contributed by atoms with Gasteiger partial charge in [-0.15, -0.1) is 0 Å². The lowest BCUT2D eigenvalue weighted by Crippen LogP contribution is -2.48. The number of nitrogens with zero attached hydrogens (tertiary/aromatic N) is 2. The maximum atomic E-state index is 13.8. The van der Waals surface area contributed by atoms with Crippen LogP contribution in [-0.2, 0) is 94.9 Å². The van der Waals surface area contributed by atoms with Crippen molar-refractivity contribution < 1.29 is 102 Å². The van der Waals surface area contributed by atoms with Crippen LogP contribution in [0.15, 0.2) is 41.2 Å². The third kappa shape index (κ3) is 15.3. The van der Waals surface area contributed by atoms with Gasteiger partial charge in [0, 0.05) is 30.0 Å². The Morgan fingerprint density at radius 2 is 1.39 bits per heavy atom. The van der Waals surface area contributed by atoms with Crippen molar-refractivity contribution in [2.45, 2.75) is 108 Å². The SMILES string of the molecule is CCC(CO)OC(COC(=O)CCC(=O)NCC(=O)O[C@]1(CC)C(=O)OCc2c1cc1n(c2=O)Cc2cc3ccccc3nc2-1)OCC(CO)OC(COC(=O)CCC(=O)O)OCC(CO)OC(CO)OC. The molecule has 0 bridgehead atoms. The van der Waals surface area contributed by atoms with Crippen LogP contribution in [0.4, 0.5) is 0 Å². The normalized spacial score (nSPS) is 17.3. The second kappa shape index (κ2) is 27.7. The van der Waals surface area contributed by atoms with Gasteiger partial charge in [-0.1, -0.05) is 32.0 Å². The Labute approximate surface area is 412 Å². The van der Waals surface area contributed by atoms with Gasteiger partial charge in [-0.2, -0.15) is 0 Å². The predicted molar refractivity (Wildman–Crippen MR) is 243 cm³/mol. The summed E-state index contributed by atoms with van der Waals surface area (Å²) in [4.78, 5) is 94.1. The lowest BCUT2D eigenvalue weighted by Gasteiger charge is -2.35. The minimum atomic E-state index is -2.02. The van der Waals surface area contributed by atoms with Gasteiger partial charge < -0.3 is 82.8 Å². The van der Waals surface area contributed by atoms with Gasteiger partial charge in [-0.3, -0.25) is 28.8 Å². The molecule has 1 amide bonds. The molecule has 396 valence electrons. The van der Waals surface area contributed by atoms with Gasteiger partial charge in [0.05, 0.1) is 94.0 Å². The lowest BCUT2D eigenvalue weighted by molar-refractivity contribution is -0.254. The van der Waals surface area contributed by atoms with Crippen LogP contribution in [0.2, 0.25) is 0 Å². The number of cyclic esters (lactones) is 1. The summed E-state index contributed by atoms with van der Waals surface area (Å²) >= 11 is 0. The number of pyridine rings is 2. The third-order valence-electron chi connectivity index (χ3n) is 11.4. The summed E-state index contributed by atoms with van der Waals surface area (Å²) in [7, 11) is 1.25. The van der Waals surface area contributed by atoms with Crippen molar-refractivity contribution in [3.8, 4) is 11.4 Å². The predicted octanol–water partition coefficient (Wildman–Crippen LogP) is -0.329. The Kier molecular flexibility index (Phi) is 21.9. The molecule has 2 aliphatic rings. The van der Waals surface area contributed by atoms with Crippen LogP contribution >= 0.6 is 0 Å². The number of hydrogen-bond acceptors (Lipinski definition) is 22. The summed E-state index contributed by atoms with van der Waals surface area (Å²) in [6.45, 7) is -1.97. The number of benzene rings is 1. The number of amides is 1. The Morgan fingerprint density at radius 3 is 1.97 bits per heavy atom. The highest BCUT2D eigenvalue weighted by Gasteiger charge is 2.50. The maximum absolute atomic E-state index is 13.8. The molecule has 0 radical (unpaired) electrons. The van der Waals surface area contributed by atoms with E-state index in [1.807, 2.05) is 30.3 Å². The average molecular weight is 1020 g/mol. The number of hydrogen-bond donors (Lipinski definition) is 6. The highest BCUT2D eigenvalue weighted by atomic mass is 16.7. The second-order valence-corrected chi connectivity index (χ2v) is 16.4. The van der Waals surface area contributed by atoms with Gasteiger partial charge in [0.1, 0.15) is 38.6 Å². The van der Waals surface area contributed by atoms with Crippen LogP contribution in [-0.4, -0.2) is 175 Å². The van der Waals surface area contributed by atoms with Crippen molar-refractivity contribution in [3.05, 3.63) is 63.4 Å². The van der Waals surface area contributed by atoms with Crippen molar-refractivity contribution in [2.75, 3.05) is 66.5 Å². The zero-order valence-electron chi connectivity index (χ0n) is 40.0. The van der Waals surface area contributed by atoms with E-state index < -0.39 is 169 Å². The zero-order chi connectivity index (χ0) is 52.4. The van der Waals surface area contributed by atoms with Gasteiger partial charge in [-0.25, -0.2) is 9.78 Å². The number of carboxylic acid groups (broad SMARTS) is 1. The van der Waals surface area contributed by atoms with E-state index in [-0.39, 0.29) is 30.7 Å². The Balaban J connectivity index is 1.15. The fourth-order valence-electron chi connectivity index (χ4n) is 7.50. The molecule has 6 N–H and O–H groups in total. The Hall–Kier alpha value is -6.00. The highest BCUT2D eigenvalue weighted by Crippen LogP contribution is 2.41. The number of carboxylic acids is 1. The first-order valence-electron chi connectivity index (χ1n) is 23.1. The molecule has 72 heavy (non-hydrogen) atoms. The first kappa shape index (κ1) is 56.9. The number of aromatic nitrogens is 2. The topological polar surface area (TPSA) is 343 Å². The number of rotatable bonds is 32. The first-order chi connectivity index (χ1) is 34.6. The van der Waals surface area contributed by atoms with Crippen molar-refractivity contribution in [1.29, 1.82) is 0 Å². The Morgan fingerprint density at radius 1 is 0.778 bits per heavy atom. The zero-order valence-corrected chi connectivity index (χ0v) is 40.0. The summed E-state index contributed by atoms with van der Waals surface area (Å²) in [6, 6.07) is 11.0. The summed E-state index contributed by atoms with van der Waals surface area (Å²) in [5, 5.41) is 51.2. The quantitative estimate of drug-likeness (QED) is 0.0207. The number of ether oxygens (including phenoxy) is 10. The van der Waals surface area contributed by atoms with E-state index in [1.165, 1.54) is 11.7 Å². The molecule has 25 nitrogen and oxygen atoms in total. The van der Waals surface area contributed by atoms with Crippen molar-refractivity contribution in [1.82, 2.24) is 14.9 Å². The van der Waals surface area contributed by atoms with Crippen molar-refractivity contribution >= 4 is 46.7 Å². The van der Waals surface area contributed by atoms with E-state index in [0.717, 1.165) is 10.9 Å². The Bertz CT molecular complexity index is 2400. The molecule has 3 aromatic rings. The molecule has 2 aliphatic heterocycles. The number of fused-ring (bicyclic) bond motifs is 5. The third-order valence-corrected chi connectivity index (χ3v) is 11.4.